The fraction of sp³-hybridized carbons (Fsp3) is 0.533. The number of rotatable bonds is 3. The lowest BCUT2D eigenvalue weighted by Gasteiger charge is -2.26. The highest BCUT2D eigenvalue weighted by atomic mass is 16.5. The molecular formula is C15H22N2O2. The van der Waals surface area contributed by atoms with E-state index in [4.69, 9.17) is 4.74 Å². The summed E-state index contributed by atoms with van der Waals surface area (Å²) in [7, 11) is 2.09. The molecule has 0 radical (unpaired) electrons. The second-order valence-corrected chi connectivity index (χ2v) is 5.16. The monoisotopic (exact) mass is 262 g/mol. The molecule has 0 spiro atoms. The molecule has 0 aromatic heterocycles. The van der Waals surface area contributed by atoms with Gasteiger partial charge >= 0.3 is 0 Å². The minimum absolute atomic E-state index is 0.0127. The molecular weight excluding hydrogens is 240 g/mol. The second-order valence-electron chi connectivity index (χ2n) is 5.16. The minimum atomic E-state index is 0.0127. The van der Waals surface area contributed by atoms with E-state index >= 15 is 0 Å². The Morgan fingerprint density at radius 2 is 2.16 bits per heavy atom. The molecule has 1 amide bonds. The van der Waals surface area contributed by atoms with Crippen molar-refractivity contribution in [1.29, 1.82) is 0 Å². The molecule has 1 aromatic rings. The molecule has 2 rings (SSSR count). The number of nitrogens with zero attached hydrogens (tertiary/aromatic N) is 1. The highest BCUT2D eigenvalue weighted by Crippen LogP contribution is 2.28. The Morgan fingerprint density at radius 1 is 1.42 bits per heavy atom. The minimum Gasteiger partial charge on any atom is -0.372 e. The van der Waals surface area contributed by atoms with Gasteiger partial charge in [0.1, 0.15) is 0 Å². The first-order chi connectivity index (χ1) is 9.16. The van der Waals surface area contributed by atoms with Crippen molar-refractivity contribution >= 4 is 5.91 Å². The van der Waals surface area contributed by atoms with Crippen LogP contribution in [-0.4, -0.2) is 44.1 Å². The van der Waals surface area contributed by atoms with Crippen LogP contribution in [0.15, 0.2) is 30.3 Å². The summed E-state index contributed by atoms with van der Waals surface area (Å²) in [5.74, 6) is 0.289. The van der Waals surface area contributed by atoms with E-state index in [1.165, 1.54) is 5.56 Å². The molecule has 0 bridgehead atoms. The summed E-state index contributed by atoms with van der Waals surface area (Å²) in [5.41, 5.74) is 1.19. The van der Waals surface area contributed by atoms with Gasteiger partial charge < -0.3 is 15.0 Å². The lowest BCUT2D eigenvalue weighted by Crippen LogP contribution is -2.36. The SMILES string of the molecule is CC(=O)NC[C@H]1CN(C)CCOC1c1ccccc1. The first kappa shape index (κ1) is 14.0. The number of nitrogens with one attached hydrogen (secondary N) is 1. The van der Waals surface area contributed by atoms with Crippen LogP contribution in [0.3, 0.4) is 0 Å². The highest BCUT2D eigenvalue weighted by molar-refractivity contribution is 5.72. The maximum atomic E-state index is 11.1. The normalized spacial score (nSPS) is 24.7. The van der Waals surface area contributed by atoms with Gasteiger partial charge in [-0.05, 0) is 12.6 Å². The molecule has 4 heteroatoms. The molecule has 19 heavy (non-hydrogen) atoms. The molecule has 0 aliphatic carbocycles. The predicted octanol–water partition coefficient (Wildman–Crippen LogP) is 1.44. The number of carbonyl (C=O) groups is 1. The molecule has 104 valence electrons. The maximum absolute atomic E-state index is 11.1. The van der Waals surface area contributed by atoms with Gasteiger partial charge in [-0.1, -0.05) is 30.3 Å². The Hall–Kier alpha value is -1.39. The van der Waals surface area contributed by atoms with Gasteiger partial charge in [0.15, 0.2) is 0 Å². The third-order valence-corrected chi connectivity index (χ3v) is 3.49. The third-order valence-electron chi connectivity index (χ3n) is 3.49. The topological polar surface area (TPSA) is 41.6 Å². The Labute approximate surface area is 114 Å². The van der Waals surface area contributed by atoms with Gasteiger partial charge in [-0.15, -0.1) is 0 Å². The third kappa shape index (κ3) is 4.04. The zero-order valence-corrected chi connectivity index (χ0v) is 11.6. The number of benzene rings is 1. The number of amides is 1. The van der Waals surface area contributed by atoms with Crippen molar-refractivity contribution in [3.05, 3.63) is 35.9 Å². The van der Waals surface area contributed by atoms with E-state index in [9.17, 15) is 4.79 Å². The van der Waals surface area contributed by atoms with Crippen LogP contribution in [0.2, 0.25) is 0 Å². The Balaban J connectivity index is 2.13. The van der Waals surface area contributed by atoms with E-state index in [1.54, 1.807) is 6.92 Å². The quantitative estimate of drug-likeness (QED) is 0.896. The van der Waals surface area contributed by atoms with E-state index in [-0.39, 0.29) is 17.9 Å². The molecule has 1 aliphatic rings. The molecule has 1 heterocycles. The largest absolute Gasteiger partial charge is 0.372 e. The molecule has 4 nitrogen and oxygen atoms in total. The number of likely N-dealkylation sites (N-methyl/N-ethyl adjacent to an activating group) is 1. The number of ether oxygens (including phenoxy) is 1. The zero-order chi connectivity index (χ0) is 13.7. The van der Waals surface area contributed by atoms with Crippen molar-refractivity contribution in [2.24, 2.45) is 5.92 Å². The van der Waals surface area contributed by atoms with Crippen LogP contribution < -0.4 is 5.32 Å². The lowest BCUT2D eigenvalue weighted by molar-refractivity contribution is -0.119. The van der Waals surface area contributed by atoms with Crippen molar-refractivity contribution in [2.45, 2.75) is 13.0 Å². The average Bonchev–Trinajstić information content (AvgIpc) is 2.59. The summed E-state index contributed by atoms with van der Waals surface area (Å²) in [6.07, 6.45) is 0.0537. The number of carbonyl (C=O) groups excluding carboxylic acids is 1. The predicted molar refractivity (Wildman–Crippen MR) is 74.8 cm³/mol. The molecule has 1 aromatic carbocycles. The number of hydrogen-bond acceptors (Lipinski definition) is 3. The fourth-order valence-corrected chi connectivity index (χ4v) is 2.52. The molecule has 0 saturated carbocycles. The first-order valence-corrected chi connectivity index (χ1v) is 6.76. The number of hydrogen-bond donors (Lipinski definition) is 1. The van der Waals surface area contributed by atoms with E-state index in [0.29, 0.717) is 6.54 Å². The molecule has 1 N–H and O–H groups in total. The van der Waals surface area contributed by atoms with Gasteiger partial charge in [0.2, 0.25) is 5.91 Å². The van der Waals surface area contributed by atoms with Gasteiger partial charge in [-0.25, -0.2) is 0 Å². The first-order valence-electron chi connectivity index (χ1n) is 6.76. The summed E-state index contributed by atoms with van der Waals surface area (Å²) in [4.78, 5) is 13.4. The van der Waals surface area contributed by atoms with Gasteiger partial charge in [0.25, 0.3) is 0 Å². The van der Waals surface area contributed by atoms with Crippen LogP contribution in [0.25, 0.3) is 0 Å². The highest BCUT2D eigenvalue weighted by Gasteiger charge is 2.28. The zero-order valence-electron chi connectivity index (χ0n) is 11.6. The molecule has 1 unspecified atom stereocenters. The van der Waals surface area contributed by atoms with E-state index in [1.807, 2.05) is 18.2 Å². The van der Waals surface area contributed by atoms with Crippen molar-refractivity contribution in [1.82, 2.24) is 10.2 Å². The second kappa shape index (κ2) is 6.68. The fourth-order valence-electron chi connectivity index (χ4n) is 2.52. The summed E-state index contributed by atoms with van der Waals surface area (Å²) in [6.45, 7) is 4.80. The summed E-state index contributed by atoms with van der Waals surface area (Å²) in [5, 5.41) is 2.92. The average molecular weight is 262 g/mol. The van der Waals surface area contributed by atoms with Crippen LogP contribution in [0, 0.1) is 5.92 Å². The van der Waals surface area contributed by atoms with E-state index < -0.39 is 0 Å². The van der Waals surface area contributed by atoms with Crippen molar-refractivity contribution in [3.8, 4) is 0 Å². The molecule has 1 saturated heterocycles. The maximum Gasteiger partial charge on any atom is 0.216 e. The molecule has 2 atom stereocenters. The van der Waals surface area contributed by atoms with Crippen molar-refractivity contribution in [2.75, 3.05) is 33.3 Å². The van der Waals surface area contributed by atoms with Crippen LogP contribution in [0.1, 0.15) is 18.6 Å². The van der Waals surface area contributed by atoms with Crippen LogP contribution in [0.5, 0.6) is 0 Å². The molecule has 1 fully saturated rings. The lowest BCUT2D eigenvalue weighted by atomic mass is 9.95. The summed E-state index contributed by atoms with van der Waals surface area (Å²) >= 11 is 0. The van der Waals surface area contributed by atoms with Crippen LogP contribution in [-0.2, 0) is 9.53 Å². The standard InChI is InChI=1S/C15H22N2O2/c1-12(18)16-10-14-11-17(2)8-9-19-15(14)13-6-4-3-5-7-13/h3-7,14-15H,8-11H2,1-2H3,(H,16,18)/t14-,15?/m0/s1. The van der Waals surface area contributed by atoms with Gasteiger partial charge in [0, 0.05) is 32.5 Å². The van der Waals surface area contributed by atoms with E-state index in [2.05, 4.69) is 29.4 Å². The smallest absolute Gasteiger partial charge is 0.216 e. The van der Waals surface area contributed by atoms with E-state index in [0.717, 1.165) is 19.7 Å². The molecule has 1 aliphatic heterocycles. The Bertz CT molecular complexity index is 408. The van der Waals surface area contributed by atoms with Gasteiger partial charge in [-0.2, -0.15) is 0 Å². The van der Waals surface area contributed by atoms with Gasteiger partial charge in [0.05, 0.1) is 12.7 Å². The van der Waals surface area contributed by atoms with Crippen LogP contribution in [0.4, 0.5) is 0 Å². The van der Waals surface area contributed by atoms with Gasteiger partial charge in [-0.3, -0.25) is 4.79 Å². The Kier molecular flexibility index (Phi) is 4.93. The van der Waals surface area contributed by atoms with Crippen molar-refractivity contribution in [3.63, 3.8) is 0 Å². The van der Waals surface area contributed by atoms with Crippen LogP contribution >= 0.6 is 0 Å². The Morgan fingerprint density at radius 3 is 2.84 bits per heavy atom. The summed E-state index contributed by atoms with van der Waals surface area (Å²) < 4.78 is 6.01. The summed E-state index contributed by atoms with van der Waals surface area (Å²) in [6, 6.07) is 10.3. The van der Waals surface area contributed by atoms with Crippen molar-refractivity contribution < 1.29 is 9.53 Å².